The summed E-state index contributed by atoms with van der Waals surface area (Å²) in [6, 6.07) is 19.6. The monoisotopic (exact) mass is 453 g/mol. The van der Waals surface area contributed by atoms with Crippen molar-refractivity contribution < 1.29 is 9.18 Å². The van der Waals surface area contributed by atoms with Crippen LogP contribution in [0.5, 0.6) is 0 Å². The third-order valence-corrected chi connectivity index (χ3v) is 7.96. The largest absolute Gasteiger partial charge is 0.336 e. The predicted molar refractivity (Wildman–Crippen MR) is 133 cm³/mol. The van der Waals surface area contributed by atoms with Crippen molar-refractivity contribution in [2.45, 2.75) is 43.3 Å². The van der Waals surface area contributed by atoms with Crippen molar-refractivity contribution in [3.8, 4) is 12.3 Å². The Morgan fingerprint density at radius 3 is 2.53 bits per heavy atom. The van der Waals surface area contributed by atoms with E-state index in [1.165, 1.54) is 34.0 Å². The zero-order valence-electron chi connectivity index (χ0n) is 19.1. The maximum Gasteiger partial charge on any atom is 0.250 e. The minimum Gasteiger partial charge on any atom is -0.336 e. The summed E-state index contributed by atoms with van der Waals surface area (Å²) in [5.41, 5.74) is 2.86. The van der Waals surface area contributed by atoms with Gasteiger partial charge in [0, 0.05) is 24.6 Å². The van der Waals surface area contributed by atoms with E-state index in [1.54, 1.807) is 0 Å². The van der Waals surface area contributed by atoms with Crippen LogP contribution in [0.2, 0.25) is 0 Å². The molecule has 3 aromatic rings. The summed E-state index contributed by atoms with van der Waals surface area (Å²) >= 11 is 0. The first-order valence-corrected chi connectivity index (χ1v) is 12.1. The van der Waals surface area contributed by atoms with Gasteiger partial charge < -0.3 is 15.1 Å². The lowest BCUT2D eigenvalue weighted by Gasteiger charge is -2.44. The molecule has 5 heteroatoms. The van der Waals surface area contributed by atoms with Gasteiger partial charge in [0.2, 0.25) is 5.91 Å². The number of carbonyl (C=O) groups is 1. The van der Waals surface area contributed by atoms with Crippen LogP contribution in [0.15, 0.2) is 60.7 Å². The number of amides is 1. The smallest absolute Gasteiger partial charge is 0.250 e. The van der Waals surface area contributed by atoms with Gasteiger partial charge >= 0.3 is 0 Å². The van der Waals surface area contributed by atoms with Gasteiger partial charge in [-0.25, -0.2) is 4.39 Å². The summed E-state index contributed by atoms with van der Waals surface area (Å²) in [6.45, 7) is 2.08. The van der Waals surface area contributed by atoms with Crippen LogP contribution in [0.4, 0.5) is 10.1 Å². The van der Waals surface area contributed by atoms with E-state index in [4.69, 9.17) is 6.42 Å². The molecule has 0 bridgehead atoms. The molecule has 2 aliphatic heterocycles. The molecular weight excluding hydrogens is 425 g/mol. The average molecular weight is 454 g/mol. The van der Waals surface area contributed by atoms with Gasteiger partial charge in [-0.3, -0.25) is 4.79 Å². The normalized spacial score (nSPS) is 23.1. The number of anilines is 1. The van der Waals surface area contributed by atoms with Gasteiger partial charge in [0.25, 0.3) is 0 Å². The van der Waals surface area contributed by atoms with Gasteiger partial charge in [-0.1, -0.05) is 36.4 Å². The standard InChI is InChI=1S/C29H28FN3O/c1-2-3-18-32-27(25-19-21-8-4-6-20-7-5-9-24(25)26(20)21)33(23-12-10-22(30)11-13-23)29(28(32)34)14-16-31-17-15-29/h1,4-13,25,27,31H,3,14-19H2. The molecule has 0 radical (unpaired) electrons. The average Bonchev–Trinajstić information content (AvgIpc) is 3.34. The molecule has 34 heavy (non-hydrogen) atoms. The molecule has 172 valence electrons. The highest BCUT2D eigenvalue weighted by molar-refractivity contribution is 5.96. The zero-order chi connectivity index (χ0) is 23.3. The summed E-state index contributed by atoms with van der Waals surface area (Å²) in [4.78, 5) is 18.6. The topological polar surface area (TPSA) is 35.6 Å². The van der Waals surface area contributed by atoms with Crippen LogP contribution in [-0.4, -0.2) is 42.1 Å². The third kappa shape index (κ3) is 3.05. The second kappa shape index (κ2) is 8.14. The number of terminal acetylenes is 1. The van der Waals surface area contributed by atoms with E-state index in [2.05, 4.69) is 52.5 Å². The molecule has 2 unspecified atom stereocenters. The Balaban J connectivity index is 1.54. The molecule has 1 aliphatic carbocycles. The van der Waals surface area contributed by atoms with Crippen molar-refractivity contribution in [3.63, 3.8) is 0 Å². The minimum absolute atomic E-state index is 0.113. The molecule has 0 aromatic heterocycles. The third-order valence-electron chi connectivity index (χ3n) is 7.96. The maximum absolute atomic E-state index is 14.2. The fourth-order valence-electron chi connectivity index (χ4n) is 6.54. The van der Waals surface area contributed by atoms with E-state index in [-0.39, 0.29) is 23.8 Å². The lowest BCUT2D eigenvalue weighted by atomic mass is 9.85. The van der Waals surface area contributed by atoms with Crippen molar-refractivity contribution in [2.24, 2.45) is 0 Å². The van der Waals surface area contributed by atoms with Crippen molar-refractivity contribution in [1.29, 1.82) is 0 Å². The maximum atomic E-state index is 14.2. The van der Waals surface area contributed by atoms with E-state index >= 15 is 0 Å². The van der Waals surface area contributed by atoms with Crippen LogP contribution in [0.1, 0.15) is 36.3 Å². The molecule has 1 N–H and O–H groups in total. The minimum atomic E-state index is -0.648. The molecule has 2 fully saturated rings. The highest BCUT2D eigenvalue weighted by Crippen LogP contribution is 2.50. The lowest BCUT2D eigenvalue weighted by Crippen LogP contribution is -2.57. The second-order valence-corrected chi connectivity index (χ2v) is 9.67. The number of carbonyl (C=O) groups excluding carboxylic acids is 1. The molecule has 4 nitrogen and oxygen atoms in total. The number of rotatable bonds is 4. The van der Waals surface area contributed by atoms with Gasteiger partial charge in [0.05, 0.1) is 0 Å². The number of benzene rings is 3. The van der Waals surface area contributed by atoms with Gasteiger partial charge in [0.1, 0.15) is 17.5 Å². The van der Waals surface area contributed by atoms with E-state index in [0.717, 1.165) is 38.0 Å². The summed E-state index contributed by atoms with van der Waals surface area (Å²) < 4.78 is 13.9. The van der Waals surface area contributed by atoms with Gasteiger partial charge in [-0.15, -0.1) is 12.3 Å². The number of halogens is 1. The SMILES string of the molecule is C#CCCN1C(=O)C2(CCNCC2)N(c2ccc(F)cc2)C1C1Cc2cccc3cccc1c23. The van der Waals surface area contributed by atoms with E-state index in [1.807, 2.05) is 17.0 Å². The number of nitrogens with zero attached hydrogens (tertiary/aromatic N) is 2. The van der Waals surface area contributed by atoms with Crippen LogP contribution in [0.3, 0.4) is 0 Å². The highest BCUT2D eigenvalue weighted by Gasteiger charge is 2.59. The molecule has 0 saturated carbocycles. The zero-order valence-corrected chi connectivity index (χ0v) is 19.1. The molecule has 2 saturated heterocycles. The van der Waals surface area contributed by atoms with E-state index < -0.39 is 5.54 Å². The Kier molecular flexibility index (Phi) is 5.08. The molecule has 3 aromatic carbocycles. The highest BCUT2D eigenvalue weighted by atomic mass is 19.1. The Labute approximate surface area is 199 Å². The van der Waals surface area contributed by atoms with Gasteiger partial charge in [0.15, 0.2) is 0 Å². The lowest BCUT2D eigenvalue weighted by molar-refractivity contribution is -0.134. The molecular formula is C29H28FN3O. The Bertz CT molecular complexity index is 1280. The van der Waals surface area contributed by atoms with Crippen molar-refractivity contribution in [3.05, 3.63) is 77.6 Å². The predicted octanol–water partition coefficient (Wildman–Crippen LogP) is 4.44. The number of piperidine rings is 1. The van der Waals surface area contributed by atoms with Crippen LogP contribution >= 0.6 is 0 Å². The van der Waals surface area contributed by atoms with E-state index in [0.29, 0.717) is 13.0 Å². The van der Waals surface area contributed by atoms with Crippen LogP contribution in [-0.2, 0) is 11.2 Å². The first kappa shape index (κ1) is 21.2. The van der Waals surface area contributed by atoms with E-state index in [9.17, 15) is 9.18 Å². The number of hydrogen-bond donors (Lipinski definition) is 1. The summed E-state index contributed by atoms with van der Waals surface area (Å²) in [5, 5.41) is 5.97. The van der Waals surface area contributed by atoms with Crippen molar-refractivity contribution >= 4 is 22.4 Å². The summed E-state index contributed by atoms with van der Waals surface area (Å²) in [6.07, 6.45) is 8.30. The van der Waals surface area contributed by atoms with Crippen molar-refractivity contribution in [2.75, 3.05) is 24.5 Å². The number of nitrogens with one attached hydrogen (secondary N) is 1. The van der Waals surface area contributed by atoms with Crippen LogP contribution in [0.25, 0.3) is 10.8 Å². The molecule has 6 rings (SSSR count). The van der Waals surface area contributed by atoms with Crippen LogP contribution in [0, 0.1) is 18.2 Å². The summed E-state index contributed by atoms with van der Waals surface area (Å²) in [5.74, 6) is 2.74. The first-order valence-electron chi connectivity index (χ1n) is 12.1. The summed E-state index contributed by atoms with van der Waals surface area (Å²) in [7, 11) is 0. The molecule has 2 atom stereocenters. The Morgan fingerprint density at radius 2 is 1.79 bits per heavy atom. The second-order valence-electron chi connectivity index (χ2n) is 9.67. The fraction of sp³-hybridized carbons (Fsp3) is 0.345. The Hall–Kier alpha value is -3.36. The molecule has 3 aliphatic rings. The first-order chi connectivity index (χ1) is 16.6. The van der Waals surface area contributed by atoms with Gasteiger partial charge in [-0.2, -0.15) is 0 Å². The molecule has 2 heterocycles. The molecule has 1 amide bonds. The van der Waals surface area contributed by atoms with Crippen molar-refractivity contribution in [1.82, 2.24) is 10.2 Å². The van der Waals surface area contributed by atoms with Crippen LogP contribution < -0.4 is 10.2 Å². The quantitative estimate of drug-likeness (QED) is 0.594. The Morgan fingerprint density at radius 1 is 1.06 bits per heavy atom. The van der Waals surface area contributed by atoms with Gasteiger partial charge in [-0.05, 0) is 78.5 Å². The molecule has 1 spiro atoms. The fourth-order valence-corrected chi connectivity index (χ4v) is 6.54. The number of hydrogen-bond acceptors (Lipinski definition) is 3.